The monoisotopic (exact) mass is 187 g/mol. The largest absolute Gasteiger partial charge is 0.328 e. The molecule has 3 rings (SSSR count). The Kier molecular flexibility index (Phi) is 1.58. The number of rotatable bonds is 1. The van der Waals surface area contributed by atoms with E-state index in [1.54, 1.807) is 0 Å². The Bertz CT molecular complexity index is 354. The second-order valence-electron chi connectivity index (χ2n) is 5.12. The summed E-state index contributed by atoms with van der Waals surface area (Å²) in [6.07, 6.45) is 3.83. The molecule has 2 fully saturated rings. The van der Waals surface area contributed by atoms with E-state index in [-0.39, 0.29) is 0 Å². The predicted octanol–water partition coefficient (Wildman–Crippen LogP) is 2.37. The minimum Gasteiger partial charge on any atom is -0.328 e. The van der Waals surface area contributed by atoms with Gasteiger partial charge in [0.15, 0.2) is 0 Å². The lowest BCUT2D eigenvalue weighted by Gasteiger charge is -2.14. The van der Waals surface area contributed by atoms with Gasteiger partial charge in [-0.15, -0.1) is 0 Å². The predicted molar refractivity (Wildman–Crippen MR) is 58.2 cm³/mol. The number of hydrogen-bond acceptors (Lipinski definition) is 1. The van der Waals surface area contributed by atoms with E-state index in [2.05, 4.69) is 31.2 Å². The zero-order chi connectivity index (χ0) is 9.76. The number of benzene rings is 1. The highest BCUT2D eigenvalue weighted by Crippen LogP contribution is 2.63. The summed E-state index contributed by atoms with van der Waals surface area (Å²) < 4.78 is 0. The summed E-state index contributed by atoms with van der Waals surface area (Å²) in [4.78, 5) is 0. The number of fused-ring (bicyclic) bond motifs is 1. The molecule has 3 unspecified atom stereocenters. The van der Waals surface area contributed by atoms with E-state index in [9.17, 15) is 0 Å². The van der Waals surface area contributed by atoms with Crippen LogP contribution in [0, 0.1) is 12.8 Å². The van der Waals surface area contributed by atoms with Crippen molar-refractivity contribution in [1.29, 1.82) is 0 Å². The fraction of sp³-hybridized carbons (Fsp3) is 0.538. The molecule has 2 N–H and O–H groups in total. The molecule has 0 aliphatic heterocycles. The molecule has 1 aromatic carbocycles. The van der Waals surface area contributed by atoms with Gasteiger partial charge in [0.1, 0.15) is 0 Å². The standard InChI is InChI=1S/C13H17N/c1-9-2-4-10(5-3-9)13-7-11(13)6-12(14)8-13/h2-5,11-12H,6-8,14H2,1H3. The highest BCUT2D eigenvalue weighted by Gasteiger charge is 2.59. The van der Waals surface area contributed by atoms with Gasteiger partial charge >= 0.3 is 0 Å². The summed E-state index contributed by atoms with van der Waals surface area (Å²) in [5.74, 6) is 0.889. The number of hydrogen-bond donors (Lipinski definition) is 1. The van der Waals surface area contributed by atoms with Crippen LogP contribution in [0.15, 0.2) is 24.3 Å². The summed E-state index contributed by atoms with van der Waals surface area (Å²) in [5.41, 5.74) is 9.38. The minimum atomic E-state index is 0.454. The molecule has 3 atom stereocenters. The highest BCUT2D eigenvalue weighted by atomic mass is 14.8. The topological polar surface area (TPSA) is 26.0 Å². The summed E-state index contributed by atoms with van der Waals surface area (Å²) in [6.45, 7) is 2.15. The van der Waals surface area contributed by atoms with Crippen LogP contribution in [0.2, 0.25) is 0 Å². The average molecular weight is 187 g/mol. The summed E-state index contributed by atoms with van der Waals surface area (Å²) >= 11 is 0. The van der Waals surface area contributed by atoms with E-state index >= 15 is 0 Å². The first-order valence-electron chi connectivity index (χ1n) is 5.53. The van der Waals surface area contributed by atoms with E-state index in [0.29, 0.717) is 11.5 Å². The molecular weight excluding hydrogens is 170 g/mol. The van der Waals surface area contributed by atoms with Crippen LogP contribution in [0.1, 0.15) is 30.4 Å². The molecule has 0 bridgehead atoms. The smallest absolute Gasteiger partial charge is 0.00503 e. The van der Waals surface area contributed by atoms with Gasteiger partial charge in [0, 0.05) is 6.04 Å². The Morgan fingerprint density at radius 3 is 2.50 bits per heavy atom. The van der Waals surface area contributed by atoms with Crippen LogP contribution in [0.25, 0.3) is 0 Å². The van der Waals surface area contributed by atoms with Crippen LogP contribution in [0.5, 0.6) is 0 Å². The fourth-order valence-electron chi connectivity index (χ4n) is 3.21. The molecule has 1 aromatic rings. The lowest BCUT2D eigenvalue weighted by molar-refractivity contribution is 0.583. The molecule has 2 aliphatic carbocycles. The van der Waals surface area contributed by atoms with Gasteiger partial charge < -0.3 is 5.73 Å². The second-order valence-corrected chi connectivity index (χ2v) is 5.12. The Hall–Kier alpha value is -0.820. The maximum Gasteiger partial charge on any atom is 0.00503 e. The van der Waals surface area contributed by atoms with Crippen molar-refractivity contribution in [3.05, 3.63) is 35.4 Å². The van der Waals surface area contributed by atoms with Gasteiger partial charge in [0.2, 0.25) is 0 Å². The second kappa shape index (κ2) is 2.60. The molecule has 74 valence electrons. The Balaban J connectivity index is 1.93. The van der Waals surface area contributed by atoms with Crippen LogP contribution >= 0.6 is 0 Å². The molecule has 2 saturated carbocycles. The van der Waals surface area contributed by atoms with Crippen molar-refractivity contribution in [3.63, 3.8) is 0 Å². The van der Waals surface area contributed by atoms with E-state index in [1.165, 1.54) is 30.4 Å². The van der Waals surface area contributed by atoms with Gasteiger partial charge in [-0.05, 0) is 43.1 Å². The molecule has 0 amide bonds. The van der Waals surface area contributed by atoms with Crippen molar-refractivity contribution in [2.45, 2.75) is 37.6 Å². The fourth-order valence-corrected chi connectivity index (χ4v) is 3.21. The van der Waals surface area contributed by atoms with E-state index in [4.69, 9.17) is 5.73 Å². The van der Waals surface area contributed by atoms with Crippen molar-refractivity contribution >= 4 is 0 Å². The zero-order valence-electron chi connectivity index (χ0n) is 8.66. The third-order valence-electron chi connectivity index (χ3n) is 4.07. The minimum absolute atomic E-state index is 0.454. The highest BCUT2D eigenvalue weighted by molar-refractivity contribution is 5.38. The molecule has 1 heteroatoms. The lowest BCUT2D eigenvalue weighted by atomic mass is 9.92. The first kappa shape index (κ1) is 8.49. The first-order valence-corrected chi connectivity index (χ1v) is 5.53. The van der Waals surface area contributed by atoms with Crippen LogP contribution in [-0.4, -0.2) is 6.04 Å². The SMILES string of the molecule is Cc1ccc(C23CC(N)CC2C3)cc1. The van der Waals surface area contributed by atoms with E-state index in [0.717, 1.165) is 5.92 Å². The molecule has 0 heterocycles. The lowest BCUT2D eigenvalue weighted by Crippen LogP contribution is -2.20. The normalized spacial score (nSPS) is 39.6. The van der Waals surface area contributed by atoms with Crippen LogP contribution in [0.3, 0.4) is 0 Å². The molecule has 0 radical (unpaired) electrons. The van der Waals surface area contributed by atoms with Crippen LogP contribution in [0.4, 0.5) is 0 Å². The molecule has 2 aliphatic rings. The molecule has 0 aromatic heterocycles. The quantitative estimate of drug-likeness (QED) is 0.717. The molecule has 14 heavy (non-hydrogen) atoms. The van der Waals surface area contributed by atoms with E-state index < -0.39 is 0 Å². The number of nitrogens with two attached hydrogens (primary N) is 1. The van der Waals surface area contributed by atoms with Crippen molar-refractivity contribution in [2.75, 3.05) is 0 Å². The van der Waals surface area contributed by atoms with Crippen molar-refractivity contribution in [1.82, 2.24) is 0 Å². The summed E-state index contributed by atoms with van der Waals surface area (Å²) in [5, 5.41) is 0. The Labute approximate surface area is 85.3 Å². The maximum absolute atomic E-state index is 6.01. The Morgan fingerprint density at radius 2 is 1.93 bits per heavy atom. The van der Waals surface area contributed by atoms with Gasteiger partial charge in [0.25, 0.3) is 0 Å². The number of aryl methyl sites for hydroxylation is 1. The van der Waals surface area contributed by atoms with Crippen molar-refractivity contribution in [3.8, 4) is 0 Å². The van der Waals surface area contributed by atoms with Crippen molar-refractivity contribution in [2.24, 2.45) is 11.7 Å². The van der Waals surface area contributed by atoms with Gasteiger partial charge in [-0.3, -0.25) is 0 Å². The van der Waals surface area contributed by atoms with Gasteiger partial charge in [-0.1, -0.05) is 29.8 Å². The first-order chi connectivity index (χ1) is 6.71. The average Bonchev–Trinajstić information content (AvgIpc) is 2.71. The molecule has 0 spiro atoms. The molecule has 1 nitrogen and oxygen atoms in total. The van der Waals surface area contributed by atoms with Crippen LogP contribution < -0.4 is 5.73 Å². The summed E-state index contributed by atoms with van der Waals surface area (Å²) in [7, 11) is 0. The summed E-state index contributed by atoms with van der Waals surface area (Å²) in [6, 6.07) is 9.50. The molecular formula is C13H17N. The van der Waals surface area contributed by atoms with Crippen molar-refractivity contribution < 1.29 is 0 Å². The van der Waals surface area contributed by atoms with Gasteiger partial charge in [-0.2, -0.15) is 0 Å². The third kappa shape index (κ3) is 1.05. The Morgan fingerprint density at radius 1 is 1.21 bits per heavy atom. The van der Waals surface area contributed by atoms with Crippen LogP contribution in [-0.2, 0) is 5.41 Å². The maximum atomic E-state index is 6.01. The van der Waals surface area contributed by atoms with Gasteiger partial charge in [0.05, 0.1) is 0 Å². The van der Waals surface area contributed by atoms with Gasteiger partial charge in [-0.25, -0.2) is 0 Å². The van der Waals surface area contributed by atoms with E-state index in [1.807, 2.05) is 0 Å². The third-order valence-corrected chi connectivity index (χ3v) is 4.07. The zero-order valence-corrected chi connectivity index (χ0v) is 8.66. The molecule has 0 saturated heterocycles.